The predicted molar refractivity (Wildman–Crippen MR) is 139 cm³/mol. The van der Waals surface area contributed by atoms with Gasteiger partial charge in [0.2, 0.25) is 0 Å². The van der Waals surface area contributed by atoms with Crippen LogP contribution >= 0.6 is 19.1 Å². The van der Waals surface area contributed by atoms with Crippen LogP contribution in [-0.2, 0) is 14.3 Å². The second-order valence-electron chi connectivity index (χ2n) is 9.44. The van der Waals surface area contributed by atoms with Gasteiger partial charge in [0.15, 0.2) is 0 Å². The molecule has 2 heterocycles. The fourth-order valence-corrected chi connectivity index (χ4v) is 7.46. The summed E-state index contributed by atoms with van der Waals surface area (Å²) in [5.41, 5.74) is 11.1. The van der Waals surface area contributed by atoms with E-state index < -0.39 is 14.3 Å². The van der Waals surface area contributed by atoms with Crippen molar-refractivity contribution in [3.05, 3.63) is 86.4 Å². The van der Waals surface area contributed by atoms with Crippen molar-refractivity contribution in [2.75, 3.05) is 0 Å². The summed E-state index contributed by atoms with van der Waals surface area (Å²) in [6.07, 6.45) is 2.21. The third kappa shape index (κ3) is 4.42. The normalized spacial score (nSPS) is 12.3. The second-order valence-corrected chi connectivity index (χ2v) is 14.5. The molecule has 0 radical (unpaired) electrons. The van der Waals surface area contributed by atoms with E-state index in [-0.39, 0.29) is 0 Å². The van der Waals surface area contributed by atoms with Crippen molar-refractivity contribution in [3.8, 4) is 16.9 Å². The third-order valence-corrected chi connectivity index (χ3v) is 8.77. The van der Waals surface area contributed by atoms with Crippen molar-refractivity contribution < 1.29 is 14.3 Å². The molecule has 2 aromatic heterocycles. The number of fused-ring (bicyclic) bond motifs is 1. The molecule has 2 nitrogen and oxygen atoms in total. The van der Waals surface area contributed by atoms with Crippen LogP contribution in [0.25, 0.3) is 22.5 Å². The Morgan fingerprint density at radius 3 is 1.85 bits per heavy atom. The van der Waals surface area contributed by atoms with E-state index in [9.17, 15) is 0 Å². The van der Waals surface area contributed by atoms with Crippen molar-refractivity contribution in [1.29, 1.82) is 0 Å². The van der Waals surface area contributed by atoms with Crippen LogP contribution in [-0.4, -0.2) is 8.97 Å². The molecule has 0 fully saturated rings. The van der Waals surface area contributed by atoms with Crippen LogP contribution in [0, 0.1) is 24.7 Å². The number of nitrogens with zero attached hydrogens (tertiary/aromatic N) is 2. The van der Waals surface area contributed by atoms with Crippen LogP contribution in [0.2, 0.25) is 0 Å². The average Bonchev–Trinajstić information content (AvgIpc) is 3.12. The Balaban J connectivity index is 2.19. The molecule has 0 aliphatic carbocycles. The number of para-hydroxylation sites is 1. The van der Waals surface area contributed by atoms with E-state index in [0.29, 0.717) is 11.8 Å². The van der Waals surface area contributed by atoms with Crippen LogP contribution in [0.5, 0.6) is 0 Å². The molecule has 0 atom stereocenters. The minimum absolute atomic E-state index is 0.381. The number of pyridine rings is 1. The summed E-state index contributed by atoms with van der Waals surface area (Å²) in [4.78, 5) is 0. The van der Waals surface area contributed by atoms with E-state index in [1.54, 1.807) is 0 Å². The van der Waals surface area contributed by atoms with Gasteiger partial charge in [-0.1, -0.05) is 0 Å². The Morgan fingerprint density at radius 1 is 0.788 bits per heavy atom. The first-order valence-electron chi connectivity index (χ1n) is 11.3. The van der Waals surface area contributed by atoms with Gasteiger partial charge in [-0.2, -0.15) is 0 Å². The van der Waals surface area contributed by atoms with E-state index in [4.69, 9.17) is 19.1 Å². The van der Waals surface area contributed by atoms with Crippen molar-refractivity contribution in [2.45, 2.75) is 60.3 Å². The molecule has 0 aliphatic rings. The zero-order valence-electron chi connectivity index (χ0n) is 20.3. The monoisotopic (exact) mass is 572 g/mol. The van der Waals surface area contributed by atoms with Crippen LogP contribution in [0.15, 0.2) is 54.7 Å². The molecule has 0 saturated carbocycles. The summed E-state index contributed by atoms with van der Waals surface area (Å²) in [5.74, 6) is 0.762. The van der Waals surface area contributed by atoms with Gasteiger partial charge < -0.3 is 0 Å². The minimum atomic E-state index is -2.01. The number of hydrogen-bond donors (Lipinski definition) is 0. The van der Waals surface area contributed by atoms with Crippen LogP contribution in [0.3, 0.4) is 0 Å². The zero-order chi connectivity index (χ0) is 24.0. The van der Waals surface area contributed by atoms with Crippen molar-refractivity contribution in [2.24, 2.45) is 0 Å². The Bertz CT molecular complexity index is 1370. The molecule has 180 valence electrons. The molecule has 5 heteroatoms. The fourth-order valence-electron chi connectivity index (χ4n) is 4.94. The van der Waals surface area contributed by atoms with Gasteiger partial charge in [0, 0.05) is 0 Å². The van der Waals surface area contributed by atoms with Crippen LogP contribution < -0.4 is 0 Å². The molecule has 0 unspecified atom stereocenters. The van der Waals surface area contributed by atoms with Gasteiger partial charge in [-0.25, -0.2) is 0 Å². The van der Waals surface area contributed by atoms with Crippen LogP contribution in [0.1, 0.15) is 67.3 Å². The maximum atomic E-state index is 6.85. The first-order valence-corrected chi connectivity index (χ1v) is 16.1. The summed E-state index contributed by atoms with van der Waals surface area (Å²) in [7, 11) is 13.7. The van der Waals surface area contributed by atoms with E-state index in [1.165, 1.54) is 39.1 Å². The second kappa shape index (κ2) is 9.55. The first-order chi connectivity index (χ1) is 15.6. The van der Waals surface area contributed by atoms with Gasteiger partial charge >= 0.3 is 211 Å². The SMILES string of the molecule is Cc1cc(C)c(-c2cccc3cn(-c4c(C(C)C)cccc4C(C)C)[c](=[Pd-2]([Cl])[Cl])n23)c(C)c1. The standard InChI is InChI=1S/C28H32N2.2ClH.Pd/c1-18(2)24-11-9-12-25(19(3)4)28(24)29-16-23-10-8-13-26(30(23)17-29)27-21(6)14-20(5)15-22(27)7;;;/h8-16,18-19H,1-7H3;2*1H;/p-2. The molecular formula is C28H32Cl2N2Pd-2. The summed E-state index contributed by atoms with van der Waals surface area (Å²) in [6, 6.07) is 17.6. The topological polar surface area (TPSA) is 9.34 Å². The predicted octanol–water partition coefficient (Wildman–Crippen LogP) is 9.03. The molecule has 0 saturated heterocycles. The molecule has 0 bridgehead atoms. The van der Waals surface area contributed by atoms with Crippen molar-refractivity contribution in [3.63, 3.8) is 0 Å². The van der Waals surface area contributed by atoms with Crippen LogP contribution in [0.4, 0.5) is 0 Å². The third-order valence-electron chi connectivity index (χ3n) is 6.26. The zero-order valence-corrected chi connectivity index (χ0v) is 23.4. The molecule has 2 aromatic carbocycles. The summed E-state index contributed by atoms with van der Waals surface area (Å²) < 4.78 is 5.54. The van der Waals surface area contributed by atoms with Crippen molar-refractivity contribution in [1.82, 2.24) is 8.97 Å². The summed E-state index contributed by atoms with van der Waals surface area (Å²) in [6.45, 7) is 15.5. The molecule has 4 rings (SSSR count). The first kappa shape index (κ1) is 24.5. The van der Waals surface area contributed by atoms with Gasteiger partial charge in [-0.15, -0.1) is 0 Å². The fraction of sp³-hybridized carbons (Fsp3) is 0.321. The van der Waals surface area contributed by atoms with E-state index in [2.05, 4.69) is 112 Å². The molecule has 33 heavy (non-hydrogen) atoms. The number of aryl methyl sites for hydroxylation is 3. The average molecular weight is 574 g/mol. The Kier molecular flexibility index (Phi) is 7.09. The van der Waals surface area contributed by atoms with Gasteiger partial charge in [0.25, 0.3) is 0 Å². The summed E-state index contributed by atoms with van der Waals surface area (Å²) in [5, 5.41) is 0. The van der Waals surface area contributed by atoms with Gasteiger partial charge in [0.05, 0.1) is 0 Å². The number of rotatable bonds is 4. The molecular weight excluding hydrogens is 542 g/mol. The van der Waals surface area contributed by atoms with E-state index in [1.807, 2.05) is 0 Å². The number of halogens is 2. The molecule has 0 spiro atoms. The van der Waals surface area contributed by atoms with Gasteiger partial charge in [0.1, 0.15) is 0 Å². The Labute approximate surface area is 210 Å². The number of imidazole rings is 1. The number of benzene rings is 2. The molecule has 0 aliphatic heterocycles. The Hall–Kier alpha value is -1.63. The van der Waals surface area contributed by atoms with Crippen molar-refractivity contribution >= 4 is 24.6 Å². The van der Waals surface area contributed by atoms with Gasteiger partial charge in [-0.05, 0) is 0 Å². The van der Waals surface area contributed by atoms with E-state index >= 15 is 0 Å². The molecule has 4 aromatic rings. The Morgan fingerprint density at radius 2 is 1.33 bits per heavy atom. The molecule has 0 amide bonds. The van der Waals surface area contributed by atoms with Gasteiger partial charge in [-0.3, -0.25) is 0 Å². The number of hydrogen-bond acceptors (Lipinski definition) is 0. The summed E-state index contributed by atoms with van der Waals surface area (Å²) >= 11 is -2.01. The quantitative estimate of drug-likeness (QED) is 0.216. The molecule has 0 N–H and O–H groups in total. The van der Waals surface area contributed by atoms with E-state index in [0.717, 1.165) is 15.1 Å². The number of aromatic nitrogens is 2. The maximum absolute atomic E-state index is 6.85.